The van der Waals surface area contributed by atoms with Crippen LogP contribution in [0.4, 0.5) is 4.39 Å². The normalized spacial score (nSPS) is 15.2. The number of pyridine rings is 1. The number of aromatic carboxylic acids is 1. The van der Waals surface area contributed by atoms with Crippen molar-refractivity contribution in [1.29, 1.82) is 0 Å². The van der Waals surface area contributed by atoms with Crippen LogP contribution < -0.4 is 0 Å². The summed E-state index contributed by atoms with van der Waals surface area (Å²) < 4.78 is 26.6. The van der Waals surface area contributed by atoms with Crippen molar-refractivity contribution in [1.82, 2.24) is 9.55 Å². The molecule has 1 N–H and O–H groups in total. The van der Waals surface area contributed by atoms with Gasteiger partial charge in [-0.1, -0.05) is 12.1 Å². The number of hydrogen-bond donors (Lipinski definition) is 1. The Labute approximate surface area is 161 Å². The first-order chi connectivity index (χ1) is 13.6. The van der Waals surface area contributed by atoms with Crippen molar-refractivity contribution in [2.24, 2.45) is 0 Å². The van der Waals surface area contributed by atoms with E-state index in [1.165, 1.54) is 12.1 Å². The van der Waals surface area contributed by atoms with Gasteiger partial charge in [0.1, 0.15) is 11.5 Å². The second-order valence-corrected chi connectivity index (χ2v) is 6.92. The molecule has 7 heteroatoms. The molecular weight excluding hydrogens is 363 g/mol. The maximum absolute atomic E-state index is 13.2. The van der Waals surface area contributed by atoms with Gasteiger partial charge in [0.25, 0.3) is 0 Å². The highest BCUT2D eigenvalue weighted by molar-refractivity contribution is 5.92. The van der Waals surface area contributed by atoms with E-state index < -0.39 is 5.97 Å². The number of carbonyl (C=O) groups is 1. The third kappa shape index (κ3) is 4.05. The number of halogens is 1. The van der Waals surface area contributed by atoms with E-state index in [0.29, 0.717) is 26.4 Å². The molecule has 3 aromatic rings. The van der Waals surface area contributed by atoms with Gasteiger partial charge >= 0.3 is 5.97 Å². The Balaban J connectivity index is 1.64. The van der Waals surface area contributed by atoms with Crippen LogP contribution in [-0.2, 0) is 22.6 Å². The Bertz CT molecular complexity index is 978. The predicted octanol–water partition coefficient (Wildman–Crippen LogP) is 3.62. The van der Waals surface area contributed by atoms with Crippen LogP contribution in [0, 0.1) is 5.82 Å². The lowest BCUT2D eigenvalue weighted by molar-refractivity contribution is -0.0387. The first-order valence-corrected chi connectivity index (χ1v) is 9.25. The molecule has 1 fully saturated rings. The maximum atomic E-state index is 13.2. The van der Waals surface area contributed by atoms with Gasteiger partial charge in [-0.25, -0.2) is 14.2 Å². The highest BCUT2D eigenvalue weighted by atomic mass is 19.1. The molecule has 1 aliphatic rings. The highest BCUT2D eigenvalue weighted by Gasteiger charge is 2.17. The number of rotatable bonds is 6. The molecule has 0 radical (unpaired) electrons. The van der Waals surface area contributed by atoms with Crippen molar-refractivity contribution in [2.45, 2.75) is 32.1 Å². The molecule has 3 heterocycles. The van der Waals surface area contributed by atoms with Crippen molar-refractivity contribution >= 4 is 16.9 Å². The predicted molar refractivity (Wildman–Crippen MR) is 101 cm³/mol. The van der Waals surface area contributed by atoms with Crippen LogP contribution in [0.25, 0.3) is 10.9 Å². The molecule has 0 saturated carbocycles. The van der Waals surface area contributed by atoms with E-state index >= 15 is 0 Å². The lowest BCUT2D eigenvalue weighted by Crippen LogP contribution is -2.23. The average molecular weight is 384 g/mol. The van der Waals surface area contributed by atoms with E-state index in [1.54, 1.807) is 24.4 Å². The molecule has 146 valence electrons. The van der Waals surface area contributed by atoms with E-state index in [1.807, 2.05) is 10.8 Å². The molecule has 28 heavy (non-hydrogen) atoms. The number of nitrogens with zero attached hydrogens (tertiary/aromatic N) is 2. The highest BCUT2D eigenvalue weighted by Crippen LogP contribution is 2.25. The third-order valence-electron chi connectivity index (χ3n) is 4.98. The summed E-state index contributed by atoms with van der Waals surface area (Å²) in [6, 6.07) is 7.91. The van der Waals surface area contributed by atoms with Crippen LogP contribution in [0.5, 0.6) is 0 Å². The van der Waals surface area contributed by atoms with E-state index in [2.05, 4.69) is 4.98 Å². The average Bonchev–Trinajstić information content (AvgIpc) is 3.05. The molecule has 0 bridgehead atoms. The molecule has 0 unspecified atom stereocenters. The SMILES string of the molecule is O=C(O)c1cc2c(COC3CCOCC3)cn(Cc3ccc(F)cc3)c2cn1. The van der Waals surface area contributed by atoms with Crippen LogP contribution in [0.2, 0.25) is 0 Å². The summed E-state index contributed by atoms with van der Waals surface area (Å²) in [4.78, 5) is 15.4. The van der Waals surface area contributed by atoms with Gasteiger partial charge in [0.05, 0.1) is 24.4 Å². The molecule has 0 aliphatic carbocycles. The summed E-state index contributed by atoms with van der Waals surface area (Å²) in [6.07, 6.45) is 5.39. The number of carboxylic acid groups (broad SMARTS) is 1. The smallest absolute Gasteiger partial charge is 0.354 e. The van der Waals surface area contributed by atoms with Gasteiger partial charge in [-0.15, -0.1) is 0 Å². The van der Waals surface area contributed by atoms with Crippen molar-refractivity contribution in [3.63, 3.8) is 0 Å². The van der Waals surface area contributed by atoms with Crippen LogP contribution >= 0.6 is 0 Å². The first kappa shape index (κ1) is 18.6. The Morgan fingerprint density at radius 2 is 2.04 bits per heavy atom. The van der Waals surface area contributed by atoms with Gasteiger partial charge in [-0.05, 0) is 36.6 Å². The van der Waals surface area contributed by atoms with Crippen LogP contribution in [-0.4, -0.2) is 39.9 Å². The monoisotopic (exact) mass is 384 g/mol. The summed E-state index contributed by atoms with van der Waals surface area (Å²) in [7, 11) is 0. The standard InChI is InChI=1S/C21H21FN2O4/c22-16-3-1-14(2-4-16)11-24-12-15(13-28-17-5-7-27-8-6-17)18-9-19(21(25)26)23-10-20(18)24/h1-4,9-10,12,17H,5-8,11,13H2,(H,25,26). The number of aromatic nitrogens is 2. The number of ether oxygens (including phenoxy) is 2. The molecule has 6 nitrogen and oxygen atoms in total. The molecule has 1 aromatic carbocycles. The zero-order chi connectivity index (χ0) is 19.5. The summed E-state index contributed by atoms with van der Waals surface area (Å²) in [6.45, 7) is 2.32. The Morgan fingerprint density at radius 3 is 2.75 bits per heavy atom. The third-order valence-corrected chi connectivity index (χ3v) is 4.98. The zero-order valence-electron chi connectivity index (χ0n) is 15.3. The molecule has 1 saturated heterocycles. The van der Waals surface area contributed by atoms with Crippen LogP contribution in [0.3, 0.4) is 0 Å². The summed E-state index contributed by atoms with van der Waals surface area (Å²) in [5, 5.41) is 10.1. The van der Waals surface area contributed by atoms with Gasteiger partial charge < -0.3 is 19.1 Å². The molecule has 0 atom stereocenters. The fourth-order valence-electron chi connectivity index (χ4n) is 3.46. The molecular formula is C21H21FN2O4. The topological polar surface area (TPSA) is 73.6 Å². The van der Waals surface area contributed by atoms with Gasteiger partial charge in [-0.2, -0.15) is 0 Å². The molecule has 1 aliphatic heterocycles. The number of hydrogen-bond acceptors (Lipinski definition) is 4. The van der Waals surface area contributed by atoms with Gasteiger partial charge in [0.15, 0.2) is 0 Å². The molecule has 0 amide bonds. The minimum absolute atomic E-state index is 0.000603. The second-order valence-electron chi connectivity index (χ2n) is 6.92. The lowest BCUT2D eigenvalue weighted by Gasteiger charge is -2.22. The Morgan fingerprint density at radius 1 is 1.29 bits per heavy atom. The van der Waals surface area contributed by atoms with Gasteiger partial charge in [0, 0.05) is 36.9 Å². The van der Waals surface area contributed by atoms with E-state index in [-0.39, 0.29) is 17.6 Å². The molecule has 0 spiro atoms. The fraction of sp³-hybridized carbons (Fsp3) is 0.333. The van der Waals surface area contributed by atoms with E-state index in [0.717, 1.165) is 34.9 Å². The van der Waals surface area contributed by atoms with Crippen molar-refractivity contribution in [2.75, 3.05) is 13.2 Å². The molecule has 4 rings (SSSR count). The number of benzene rings is 1. The van der Waals surface area contributed by atoms with Crippen molar-refractivity contribution < 1.29 is 23.8 Å². The van der Waals surface area contributed by atoms with E-state index in [4.69, 9.17) is 9.47 Å². The number of fused-ring (bicyclic) bond motifs is 1. The minimum Gasteiger partial charge on any atom is -0.477 e. The largest absolute Gasteiger partial charge is 0.477 e. The van der Waals surface area contributed by atoms with Crippen molar-refractivity contribution in [3.05, 3.63) is 65.4 Å². The minimum atomic E-state index is -1.07. The summed E-state index contributed by atoms with van der Waals surface area (Å²) in [5.41, 5.74) is 2.67. The first-order valence-electron chi connectivity index (χ1n) is 9.25. The van der Waals surface area contributed by atoms with E-state index in [9.17, 15) is 14.3 Å². The Kier molecular flexibility index (Phi) is 5.36. The zero-order valence-corrected chi connectivity index (χ0v) is 15.3. The van der Waals surface area contributed by atoms with Crippen LogP contribution in [0.1, 0.15) is 34.5 Å². The summed E-state index contributed by atoms with van der Waals surface area (Å²) in [5.74, 6) is -1.34. The van der Waals surface area contributed by atoms with Crippen molar-refractivity contribution in [3.8, 4) is 0 Å². The number of carboxylic acids is 1. The second kappa shape index (κ2) is 8.08. The quantitative estimate of drug-likeness (QED) is 0.703. The Hall–Kier alpha value is -2.77. The fourth-order valence-corrected chi connectivity index (χ4v) is 3.46. The maximum Gasteiger partial charge on any atom is 0.354 e. The van der Waals surface area contributed by atoms with Crippen LogP contribution in [0.15, 0.2) is 42.7 Å². The lowest BCUT2D eigenvalue weighted by atomic mass is 10.1. The van der Waals surface area contributed by atoms with Gasteiger partial charge in [-0.3, -0.25) is 0 Å². The van der Waals surface area contributed by atoms with Gasteiger partial charge in [0.2, 0.25) is 0 Å². The molecule has 2 aromatic heterocycles. The summed E-state index contributed by atoms with van der Waals surface area (Å²) >= 11 is 0.